The van der Waals surface area contributed by atoms with Crippen molar-refractivity contribution in [3.05, 3.63) is 57.7 Å². The summed E-state index contributed by atoms with van der Waals surface area (Å²) >= 11 is 0. The molecule has 0 atom stereocenters. The lowest BCUT2D eigenvalue weighted by Gasteiger charge is -2.17. The van der Waals surface area contributed by atoms with Crippen molar-refractivity contribution in [2.75, 3.05) is 0 Å². The van der Waals surface area contributed by atoms with Crippen molar-refractivity contribution in [1.29, 1.82) is 0 Å². The maximum atomic E-state index is 12.5. The molecule has 0 N–H and O–H groups in total. The molecule has 0 radical (unpaired) electrons. The summed E-state index contributed by atoms with van der Waals surface area (Å²) in [6, 6.07) is 6.15. The predicted molar refractivity (Wildman–Crippen MR) is 92.7 cm³/mol. The molecule has 0 unspecified atom stereocenters. The Balaban J connectivity index is 1.70. The Kier molecular flexibility index (Phi) is 4.61. The molecule has 0 saturated carbocycles. The summed E-state index contributed by atoms with van der Waals surface area (Å²) in [7, 11) is 0. The fraction of sp³-hybridized carbons (Fsp3) is 0.429. The van der Waals surface area contributed by atoms with Gasteiger partial charge in [0, 0.05) is 18.4 Å². The molecule has 0 aliphatic heterocycles. The first-order valence-electron chi connectivity index (χ1n) is 8.59. The van der Waals surface area contributed by atoms with E-state index in [0.717, 1.165) is 35.1 Å². The quantitative estimate of drug-likeness (QED) is 0.751. The fourth-order valence-corrected chi connectivity index (χ4v) is 3.71. The van der Waals surface area contributed by atoms with E-state index in [1.54, 1.807) is 0 Å². The van der Waals surface area contributed by atoms with E-state index < -0.39 is 0 Å². The summed E-state index contributed by atoms with van der Waals surface area (Å²) in [6.07, 6.45) is 8.24. The van der Waals surface area contributed by atoms with Gasteiger partial charge in [-0.3, -0.25) is 9.59 Å². The van der Waals surface area contributed by atoms with E-state index in [1.807, 2.05) is 19.9 Å². The Morgan fingerprint density at radius 2 is 1.83 bits per heavy atom. The van der Waals surface area contributed by atoms with Gasteiger partial charge in [0.1, 0.15) is 0 Å². The van der Waals surface area contributed by atoms with Gasteiger partial charge in [0.25, 0.3) is 0 Å². The van der Waals surface area contributed by atoms with Gasteiger partial charge in [-0.1, -0.05) is 23.8 Å². The number of carbonyl (C=O) groups is 2. The van der Waals surface area contributed by atoms with E-state index in [-0.39, 0.29) is 11.6 Å². The van der Waals surface area contributed by atoms with Crippen LogP contribution in [0.25, 0.3) is 0 Å². The summed E-state index contributed by atoms with van der Waals surface area (Å²) in [5.74, 6) is 0.332. The van der Waals surface area contributed by atoms with Crippen LogP contribution in [-0.4, -0.2) is 11.6 Å². The lowest BCUT2D eigenvalue weighted by Crippen LogP contribution is -2.12. The Morgan fingerprint density at radius 1 is 1.09 bits per heavy atom. The number of rotatable bonds is 4. The van der Waals surface area contributed by atoms with Crippen LogP contribution >= 0.6 is 0 Å². The third-order valence-corrected chi connectivity index (χ3v) is 4.99. The molecule has 0 saturated heterocycles. The molecule has 23 heavy (non-hydrogen) atoms. The van der Waals surface area contributed by atoms with Crippen LogP contribution in [0.4, 0.5) is 0 Å². The molecule has 2 aliphatic carbocycles. The topological polar surface area (TPSA) is 34.1 Å². The molecule has 2 heteroatoms. The summed E-state index contributed by atoms with van der Waals surface area (Å²) in [4.78, 5) is 24.6. The minimum absolute atomic E-state index is 0.151. The van der Waals surface area contributed by atoms with Crippen LogP contribution in [0, 0.1) is 0 Å². The smallest absolute Gasteiger partial charge is 0.163 e. The minimum atomic E-state index is 0.151. The lowest BCUT2D eigenvalue weighted by atomic mass is 9.87. The van der Waals surface area contributed by atoms with E-state index in [4.69, 9.17) is 0 Å². The van der Waals surface area contributed by atoms with Gasteiger partial charge in [-0.2, -0.15) is 0 Å². The second kappa shape index (κ2) is 6.66. The highest BCUT2D eigenvalue weighted by molar-refractivity contribution is 6.01. The summed E-state index contributed by atoms with van der Waals surface area (Å²) in [6.45, 7) is 3.95. The Hall–Kier alpha value is -1.96. The van der Waals surface area contributed by atoms with Gasteiger partial charge in [0.15, 0.2) is 11.6 Å². The number of ketones is 2. The van der Waals surface area contributed by atoms with Crippen LogP contribution in [0.15, 0.2) is 41.0 Å². The first kappa shape index (κ1) is 15.9. The van der Waals surface area contributed by atoms with Crippen molar-refractivity contribution in [3.8, 4) is 0 Å². The first-order chi connectivity index (χ1) is 11.0. The Morgan fingerprint density at radius 3 is 2.57 bits per heavy atom. The number of Topliss-reactive ketones (excluding diaryl/α,β-unsaturated/α-hetero) is 2. The van der Waals surface area contributed by atoms with Crippen LogP contribution in [0.3, 0.4) is 0 Å². The van der Waals surface area contributed by atoms with Crippen molar-refractivity contribution < 1.29 is 9.59 Å². The zero-order valence-electron chi connectivity index (χ0n) is 14.1. The highest BCUT2D eigenvalue weighted by atomic mass is 16.1. The molecule has 0 fully saturated rings. The SMILES string of the molecule is CC1=CC(C)=C(CCC(=O)c2ccc3c(c2)CCCC3)C(=O)C1. The van der Waals surface area contributed by atoms with Crippen LogP contribution < -0.4 is 0 Å². The van der Waals surface area contributed by atoms with Gasteiger partial charge in [-0.25, -0.2) is 0 Å². The van der Waals surface area contributed by atoms with Crippen molar-refractivity contribution in [1.82, 2.24) is 0 Å². The molecule has 2 nitrogen and oxygen atoms in total. The molecule has 120 valence electrons. The fourth-order valence-electron chi connectivity index (χ4n) is 3.71. The van der Waals surface area contributed by atoms with Crippen LogP contribution in [0.2, 0.25) is 0 Å². The predicted octanol–water partition coefficient (Wildman–Crippen LogP) is 4.76. The molecule has 1 aromatic carbocycles. The van der Waals surface area contributed by atoms with Crippen LogP contribution in [0.1, 0.15) is 67.4 Å². The van der Waals surface area contributed by atoms with Crippen molar-refractivity contribution in [2.45, 2.75) is 58.8 Å². The van der Waals surface area contributed by atoms with Crippen molar-refractivity contribution >= 4 is 11.6 Å². The van der Waals surface area contributed by atoms with E-state index in [1.165, 1.54) is 24.0 Å². The standard InChI is InChI=1S/C21H24O2/c1-14-11-15(2)19(21(23)12-14)9-10-20(22)18-8-7-16-5-3-4-6-17(16)13-18/h7-8,11,13H,3-6,9-10,12H2,1-2H3. The minimum Gasteiger partial charge on any atom is -0.294 e. The maximum absolute atomic E-state index is 12.5. The average molecular weight is 308 g/mol. The summed E-state index contributed by atoms with van der Waals surface area (Å²) < 4.78 is 0. The molecule has 0 bridgehead atoms. The second-order valence-corrected chi connectivity index (χ2v) is 6.87. The average Bonchev–Trinajstić information content (AvgIpc) is 2.53. The Labute approximate surface area is 138 Å². The number of aryl methyl sites for hydroxylation is 2. The molecule has 1 aromatic rings. The highest BCUT2D eigenvalue weighted by Crippen LogP contribution is 2.26. The summed E-state index contributed by atoms with van der Waals surface area (Å²) in [5, 5.41) is 0. The van der Waals surface area contributed by atoms with Gasteiger partial charge < -0.3 is 0 Å². The number of fused-ring (bicyclic) bond motifs is 1. The van der Waals surface area contributed by atoms with Gasteiger partial charge in [0.2, 0.25) is 0 Å². The molecule has 0 aromatic heterocycles. The zero-order valence-corrected chi connectivity index (χ0v) is 14.1. The number of hydrogen-bond acceptors (Lipinski definition) is 2. The number of hydrogen-bond donors (Lipinski definition) is 0. The van der Waals surface area contributed by atoms with E-state index >= 15 is 0 Å². The maximum Gasteiger partial charge on any atom is 0.163 e. The molecular weight excluding hydrogens is 284 g/mol. The second-order valence-electron chi connectivity index (χ2n) is 6.87. The van der Waals surface area contributed by atoms with E-state index in [2.05, 4.69) is 18.2 Å². The van der Waals surface area contributed by atoms with Crippen molar-refractivity contribution in [3.63, 3.8) is 0 Å². The van der Waals surface area contributed by atoms with Crippen LogP contribution in [0.5, 0.6) is 0 Å². The third kappa shape index (κ3) is 3.52. The highest BCUT2D eigenvalue weighted by Gasteiger charge is 2.19. The number of benzene rings is 1. The van der Waals surface area contributed by atoms with Gasteiger partial charge >= 0.3 is 0 Å². The molecule has 0 heterocycles. The van der Waals surface area contributed by atoms with Gasteiger partial charge in [-0.05, 0) is 74.3 Å². The van der Waals surface area contributed by atoms with E-state index in [9.17, 15) is 9.59 Å². The summed E-state index contributed by atoms with van der Waals surface area (Å²) in [5.41, 5.74) is 6.51. The Bertz CT molecular complexity index is 719. The van der Waals surface area contributed by atoms with Crippen molar-refractivity contribution in [2.24, 2.45) is 0 Å². The monoisotopic (exact) mass is 308 g/mol. The first-order valence-corrected chi connectivity index (χ1v) is 8.59. The normalized spacial score (nSPS) is 17.8. The molecule has 0 spiro atoms. The molecular formula is C21H24O2. The molecule has 3 rings (SSSR count). The lowest BCUT2D eigenvalue weighted by molar-refractivity contribution is -0.115. The zero-order chi connectivity index (χ0) is 16.4. The van der Waals surface area contributed by atoms with Gasteiger partial charge in [-0.15, -0.1) is 0 Å². The largest absolute Gasteiger partial charge is 0.294 e. The number of carbonyl (C=O) groups excluding carboxylic acids is 2. The van der Waals surface area contributed by atoms with Gasteiger partial charge in [0.05, 0.1) is 0 Å². The van der Waals surface area contributed by atoms with E-state index in [0.29, 0.717) is 19.3 Å². The molecule has 2 aliphatic rings. The number of allylic oxidation sites excluding steroid dienone is 4. The van der Waals surface area contributed by atoms with Crippen LogP contribution in [-0.2, 0) is 17.6 Å². The third-order valence-electron chi connectivity index (χ3n) is 4.99. The molecule has 0 amide bonds.